The van der Waals surface area contributed by atoms with Gasteiger partial charge in [-0.2, -0.15) is 5.10 Å². The molecular formula is C16H13Br2N3O5. The highest BCUT2D eigenvalue weighted by Crippen LogP contribution is 2.33. The van der Waals surface area contributed by atoms with Crippen LogP contribution < -0.4 is 14.9 Å². The van der Waals surface area contributed by atoms with Crippen molar-refractivity contribution in [3.63, 3.8) is 0 Å². The number of nitro benzene ring substituents is 1. The molecule has 0 unspecified atom stereocenters. The molecule has 0 saturated carbocycles. The molecule has 0 radical (unpaired) electrons. The number of halogens is 2. The van der Waals surface area contributed by atoms with E-state index in [-0.39, 0.29) is 11.4 Å². The van der Waals surface area contributed by atoms with Crippen LogP contribution in [0.3, 0.4) is 0 Å². The van der Waals surface area contributed by atoms with E-state index < -0.39 is 17.4 Å². The van der Waals surface area contributed by atoms with Gasteiger partial charge in [-0.05, 0) is 55.6 Å². The molecule has 0 heterocycles. The molecule has 10 heteroatoms. The Balaban J connectivity index is 1.93. The number of benzene rings is 2. The van der Waals surface area contributed by atoms with E-state index in [0.29, 0.717) is 11.3 Å². The van der Waals surface area contributed by atoms with Gasteiger partial charge in [-0.1, -0.05) is 12.1 Å². The summed E-state index contributed by atoms with van der Waals surface area (Å²) in [7, 11) is 1.55. The van der Waals surface area contributed by atoms with Crippen LogP contribution in [0.25, 0.3) is 0 Å². The average molecular weight is 487 g/mol. The Morgan fingerprint density at radius 2 is 1.96 bits per heavy atom. The molecule has 0 aliphatic heterocycles. The first-order valence-corrected chi connectivity index (χ1v) is 8.72. The molecule has 0 aliphatic carbocycles. The Morgan fingerprint density at radius 1 is 1.31 bits per heavy atom. The third-order valence-corrected chi connectivity index (χ3v) is 4.23. The molecule has 2 rings (SSSR count). The van der Waals surface area contributed by atoms with E-state index in [1.807, 2.05) is 0 Å². The van der Waals surface area contributed by atoms with Gasteiger partial charge in [0.05, 0.1) is 27.2 Å². The minimum atomic E-state index is -0.579. The first-order chi connectivity index (χ1) is 12.4. The van der Waals surface area contributed by atoms with Crippen LogP contribution >= 0.6 is 31.9 Å². The van der Waals surface area contributed by atoms with Gasteiger partial charge in [-0.15, -0.1) is 0 Å². The number of nitrogens with zero attached hydrogens (tertiary/aromatic N) is 2. The van der Waals surface area contributed by atoms with E-state index >= 15 is 0 Å². The number of nitrogens with one attached hydrogen (secondary N) is 1. The summed E-state index contributed by atoms with van der Waals surface area (Å²) < 4.78 is 11.8. The molecule has 0 bridgehead atoms. The number of hydrogen-bond donors (Lipinski definition) is 1. The van der Waals surface area contributed by atoms with E-state index in [0.717, 1.165) is 8.95 Å². The Bertz CT molecular complexity index is 835. The fraction of sp³-hybridized carbons (Fsp3) is 0.125. The number of hydrogen-bond acceptors (Lipinski definition) is 6. The van der Waals surface area contributed by atoms with Crippen molar-refractivity contribution in [3.8, 4) is 11.5 Å². The predicted octanol–water partition coefficient (Wildman–Crippen LogP) is 3.66. The van der Waals surface area contributed by atoms with Gasteiger partial charge in [0.1, 0.15) is 5.75 Å². The first kappa shape index (κ1) is 19.9. The summed E-state index contributed by atoms with van der Waals surface area (Å²) in [5.41, 5.74) is 2.79. The number of carbonyl (C=O) groups is 1. The van der Waals surface area contributed by atoms with Crippen LogP contribution in [0.2, 0.25) is 0 Å². The number of nitro groups is 1. The maximum Gasteiger partial charge on any atom is 0.310 e. The van der Waals surface area contributed by atoms with Gasteiger partial charge < -0.3 is 9.47 Å². The lowest BCUT2D eigenvalue weighted by atomic mass is 10.2. The number of methoxy groups -OCH3 is 1. The second-order valence-corrected chi connectivity index (χ2v) is 6.53. The molecule has 8 nitrogen and oxygen atoms in total. The van der Waals surface area contributed by atoms with Crippen molar-refractivity contribution in [2.75, 3.05) is 13.7 Å². The topological polar surface area (TPSA) is 103 Å². The summed E-state index contributed by atoms with van der Waals surface area (Å²) in [6, 6.07) is 9.34. The van der Waals surface area contributed by atoms with Gasteiger partial charge in [0, 0.05) is 6.07 Å². The fourth-order valence-corrected chi connectivity index (χ4v) is 3.48. The predicted molar refractivity (Wildman–Crippen MR) is 103 cm³/mol. The smallest absolute Gasteiger partial charge is 0.310 e. The summed E-state index contributed by atoms with van der Waals surface area (Å²) in [4.78, 5) is 22.1. The minimum absolute atomic E-state index is 0.0136. The lowest BCUT2D eigenvalue weighted by Gasteiger charge is -2.07. The van der Waals surface area contributed by atoms with Crippen LogP contribution in [-0.2, 0) is 4.79 Å². The van der Waals surface area contributed by atoms with E-state index in [1.165, 1.54) is 24.4 Å². The van der Waals surface area contributed by atoms with Crippen LogP contribution in [0.4, 0.5) is 5.69 Å². The highest BCUT2D eigenvalue weighted by molar-refractivity contribution is 9.11. The Morgan fingerprint density at radius 3 is 2.58 bits per heavy atom. The Labute approximate surface area is 165 Å². The number of amides is 1. The summed E-state index contributed by atoms with van der Waals surface area (Å²) in [6.45, 7) is -0.405. The lowest BCUT2D eigenvalue weighted by Crippen LogP contribution is -2.24. The zero-order valence-electron chi connectivity index (χ0n) is 13.4. The Hall–Kier alpha value is -2.46. The maximum atomic E-state index is 11.8. The molecule has 2 aromatic carbocycles. The van der Waals surface area contributed by atoms with Crippen LogP contribution in [0.15, 0.2) is 50.4 Å². The molecule has 0 aromatic heterocycles. The summed E-state index contributed by atoms with van der Waals surface area (Å²) in [6.07, 6.45) is 1.44. The number of para-hydroxylation sites is 2. The van der Waals surface area contributed by atoms with Crippen molar-refractivity contribution in [1.29, 1.82) is 0 Å². The van der Waals surface area contributed by atoms with Gasteiger partial charge in [0.15, 0.2) is 12.4 Å². The van der Waals surface area contributed by atoms with Crippen LogP contribution in [0.5, 0.6) is 11.5 Å². The SMILES string of the molecule is COc1c(Br)cc(/C=N/NC(=O)COc2ccccc2[N+](=O)[O-])cc1Br. The summed E-state index contributed by atoms with van der Waals surface area (Å²) in [5.74, 6) is 0.106. The third-order valence-electron chi connectivity index (χ3n) is 3.05. The molecule has 0 saturated heterocycles. The summed E-state index contributed by atoms with van der Waals surface area (Å²) >= 11 is 6.74. The van der Waals surface area contributed by atoms with E-state index in [2.05, 4.69) is 42.4 Å². The van der Waals surface area contributed by atoms with E-state index in [4.69, 9.17) is 9.47 Å². The van der Waals surface area contributed by atoms with E-state index in [1.54, 1.807) is 25.3 Å². The van der Waals surface area contributed by atoms with Crippen LogP contribution in [-0.4, -0.2) is 30.8 Å². The second kappa shape index (κ2) is 9.30. The number of rotatable bonds is 7. The average Bonchev–Trinajstić information content (AvgIpc) is 2.60. The molecule has 136 valence electrons. The van der Waals surface area contributed by atoms with Crippen LogP contribution in [0, 0.1) is 10.1 Å². The molecule has 1 N–H and O–H groups in total. The largest absolute Gasteiger partial charge is 0.494 e. The summed E-state index contributed by atoms with van der Waals surface area (Å²) in [5, 5.41) is 14.7. The van der Waals surface area contributed by atoms with Crippen molar-refractivity contribution < 1.29 is 19.2 Å². The highest BCUT2D eigenvalue weighted by Gasteiger charge is 2.14. The Kier molecular flexibility index (Phi) is 7.10. The van der Waals surface area contributed by atoms with Gasteiger partial charge in [-0.3, -0.25) is 14.9 Å². The fourth-order valence-electron chi connectivity index (χ4n) is 1.93. The number of hydrazone groups is 1. The van der Waals surface area contributed by atoms with Crippen molar-refractivity contribution in [3.05, 3.63) is 61.0 Å². The number of carbonyl (C=O) groups excluding carboxylic acids is 1. The maximum absolute atomic E-state index is 11.8. The van der Waals surface area contributed by atoms with Crippen molar-refractivity contribution in [2.45, 2.75) is 0 Å². The lowest BCUT2D eigenvalue weighted by molar-refractivity contribution is -0.385. The zero-order valence-corrected chi connectivity index (χ0v) is 16.6. The van der Waals surface area contributed by atoms with Crippen molar-refractivity contribution >= 4 is 49.7 Å². The molecule has 1 amide bonds. The second-order valence-electron chi connectivity index (χ2n) is 4.82. The normalized spacial score (nSPS) is 10.6. The number of ether oxygens (including phenoxy) is 2. The zero-order chi connectivity index (χ0) is 19.1. The highest BCUT2D eigenvalue weighted by atomic mass is 79.9. The van der Waals surface area contributed by atoms with E-state index in [9.17, 15) is 14.9 Å². The molecule has 2 aromatic rings. The van der Waals surface area contributed by atoms with Gasteiger partial charge in [0.25, 0.3) is 5.91 Å². The molecule has 0 aliphatic rings. The molecule has 0 fully saturated rings. The molecular weight excluding hydrogens is 474 g/mol. The monoisotopic (exact) mass is 485 g/mol. The van der Waals surface area contributed by atoms with Crippen LogP contribution in [0.1, 0.15) is 5.56 Å². The molecule has 0 spiro atoms. The van der Waals surface area contributed by atoms with Gasteiger partial charge in [0.2, 0.25) is 0 Å². The minimum Gasteiger partial charge on any atom is -0.494 e. The van der Waals surface area contributed by atoms with Crippen molar-refractivity contribution in [2.24, 2.45) is 5.10 Å². The molecule has 0 atom stereocenters. The first-order valence-electron chi connectivity index (χ1n) is 7.13. The molecule has 26 heavy (non-hydrogen) atoms. The third kappa shape index (κ3) is 5.27. The quantitative estimate of drug-likeness (QED) is 0.365. The van der Waals surface area contributed by atoms with Gasteiger partial charge in [-0.25, -0.2) is 5.43 Å². The van der Waals surface area contributed by atoms with Crippen molar-refractivity contribution in [1.82, 2.24) is 5.43 Å². The standard InChI is InChI=1S/C16H13Br2N3O5/c1-25-16-11(17)6-10(7-12(16)18)8-19-20-15(22)9-26-14-5-3-2-4-13(14)21(23)24/h2-8H,9H2,1H3,(H,20,22)/b19-8+. The van der Waals surface area contributed by atoms with Gasteiger partial charge >= 0.3 is 5.69 Å².